The molecule has 0 saturated heterocycles. The van der Waals surface area contributed by atoms with Gasteiger partial charge in [0.05, 0.1) is 11.3 Å². The molecule has 102 valence electrons. The van der Waals surface area contributed by atoms with E-state index in [1.807, 2.05) is 0 Å². The van der Waals surface area contributed by atoms with Crippen LogP contribution in [0.3, 0.4) is 0 Å². The SMILES string of the molecule is NS(=O)(=O)CCNc1ccc(F)c(C(F)(F)F)c1. The lowest BCUT2D eigenvalue weighted by molar-refractivity contribution is -0.139. The number of alkyl halides is 3. The van der Waals surface area contributed by atoms with Crippen molar-refractivity contribution in [2.45, 2.75) is 6.18 Å². The van der Waals surface area contributed by atoms with Gasteiger partial charge in [0.1, 0.15) is 5.82 Å². The first-order chi connectivity index (χ1) is 8.09. The number of primary sulfonamides is 1. The molecule has 0 fully saturated rings. The monoisotopic (exact) mass is 286 g/mol. The number of benzene rings is 1. The summed E-state index contributed by atoms with van der Waals surface area (Å²) in [5, 5.41) is 7.13. The molecule has 0 heterocycles. The number of hydrogen-bond donors (Lipinski definition) is 2. The Kier molecular flexibility index (Phi) is 4.17. The highest BCUT2D eigenvalue weighted by Crippen LogP contribution is 2.32. The zero-order valence-electron chi connectivity index (χ0n) is 8.96. The van der Waals surface area contributed by atoms with Crippen molar-refractivity contribution in [3.05, 3.63) is 29.6 Å². The van der Waals surface area contributed by atoms with Crippen LogP contribution in [0.1, 0.15) is 5.56 Å². The van der Waals surface area contributed by atoms with Crippen molar-refractivity contribution in [2.75, 3.05) is 17.6 Å². The largest absolute Gasteiger partial charge is 0.419 e. The lowest BCUT2D eigenvalue weighted by Crippen LogP contribution is -2.22. The normalized spacial score (nSPS) is 12.5. The molecular formula is C9H10F4N2O2S. The van der Waals surface area contributed by atoms with Gasteiger partial charge in [0, 0.05) is 12.2 Å². The predicted molar refractivity (Wildman–Crippen MR) is 57.9 cm³/mol. The highest BCUT2D eigenvalue weighted by molar-refractivity contribution is 7.89. The van der Waals surface area contributed by atoms with Crippen LogP contribution in [0.5, 0.6) is 0 Å². The van der Waals surface area contributed by atoms with Gasteiger partial charge in [0.25, 0.3) is 0 Å². The van der Waals surface area contributed by atoms with E-state index in [1.165, 1.54) is 0 Å². The zero-order chi connectivity index (χ0) is 14.0. The number of nitrogens with one attached hydrogen (secondary N) is 1. The third-order valence-electron chi connectivity index (χ3n) is 1.99. The van der Waals surface area contributed by atoms with Crippen LogP contribution in [0.25, 0.3) is 0 Å². The molecule has 18 heavy (non-hydrogen) atoms. The molecule has 1 rings (SSSR count). The molecule has 0 aliphatic carbocycles. The Labute approximate surface area is 101 Å². The van der Waals surface area contributed by atoms with Crippen LogP contribution in [0.4, 0.5) is 23.2 Å². The van der Waals surface area contributed by atoms with Gasteiger partial charge in [-0.3, -0.25) is 0 Å². The number of sulfonamides is 1. The van der Waals surface area contributed by atoms with Crippen LogP contribution < -0.4 is 10.5 Å². The van der Waals surface area contributed by atoms with Crippen LogP contribution >= 0.6 is 0 Å². The maximum atomic E-state index is 12.9. The topological polar surface area (TPSA) is 72.2 Å². The maximum Gasteiger partial charge on any atom is 0.419 e. The third kappa shape index (κ3) is 4.49. The maximum absolute atomic E-state index is 12.9. The summed E-state index contributed by atoms with van der Waals surface area (Å²) in [5.74, 6) is -1.83. The Morgan fingerprint density at radius 3 is 2.39 bits per heavy atom. The fourth-order valence-electron chi connectivity index (χ4n) is 1.19. The van der Waals surface area contributed by atoms with E-state index in [9.17, 15) is 26.0 Å². The minimum atomic E-state index is -4.80. The molecule has 0 aromatic heterocycles. The van der Waals surface area contributed by atoms with Gasteiger partial charge in [-0.05, 0) is 18.2 Å². The zero-order valence-corrected chi connectivity index (χ0v) is 9.78. The van der Waals surface area contributed by atoms with Gasteiger partial charge in [-0.25, -0.2) is 17.9 Å². The fourth-order valence-corrected chi connectivity index (χ4v) is 1.58. The van der Waals surface area contributed by atoms with Crippen molar-refractivity contribution in [2.24, 2.45) is 5.14 Å². The van der Waals surface area contributed by atoms with Crippen LogP contribution in [-0.2, 0) is 16.2 Å². The summed E-state index contributed by atoms with van der Waals surface area (Å²) in [6.45, 7) is -0.165. The second-order valence-corrected chi connectivity index (χ2v) is 5.22. The molecule has 0 atom stereocenters. The standard InChI is InChI=1S/C9H10F4N2O2S/c10-8-2-1-6(5-7(8)9(11,12)13)15-3-4-18(14,16)17/h1-2,5,15H,3-4H2,(H2,14,16,17). The van der Waals surface area contributed by atoms with Gasteiger partial charge in [0.15, 0.2) is 0 Å². The van der Waals surface area contributed by atoms with Gasteiger partial charge in [-0.15, -0.1) is 0 Å². The van der Waals surface area contributed by atoms with Gasteiger partial charge in [0.2, 0.25) is 10.0 Å². The molecule has 0 amide bonds. The average molecular weight is 286 g/mol. The molecule has 0 bridgehead atoms. The third-order valence-corrected chi connectivity index (χ3v) is 2.76. The predicted octanol–water partition coefficient (Wildman–Crippen LogP) is 1.54. The number of halogens is 4. The van der Waals surface area contributed by atoms with E-state index in [1.54, 1.807) is 0 Å². The Bertz CT molecular complexity index is 528. The molecule has 4 nitrogen and oxygen atoms in total. The molecule has 9 heteroatoms. The summed E-state index contributed by atoms with van der Waals surface area (Å²) in [6, 6.07) is 2.30. The van der Waals surface area contributed by atoms with Crippen LogP contribution in [0.2, 0.25) is 0 Å². The van der Waals surface area contributed by atoms with E-state index in [4.69, 9.17) is 5.14 Å². The van der Waals surface area contributed by atoms with E-state index >= 15 is 0 Å². The van der Waals surface area contributed by atoms with E-state index in [-0.39, 0.29) is 12.2 Å². The molecule has 3 N–H and O–H groups in total. The summed E-state index contributed by atoms with van der Waals surface area (Å²) in [5.41, 5.74) is -1.45. The van der Waals surface area contributed by atoms with Gasteiger partial charge in [-0.2, -0.15) is 13.2 Å². The Balaban J connectivity index is 2.80. The summed E-state index contributed by atoms with van der Waals surface area (Å²) in [7, 11) is -3.70. The van der Waals surface area contributed by atoms with E-state index in [0.29, 0.717) is 12.1 Å². The highest BCUT2D eigenvalue weighted by atomic mass is 32.2. The second kappa shape index (κ2) is 5.11. The quantitative estimate of drug-likeness (QED) is 0.825. The van der Waals surface area contributed by atoms with Crippen molar-refractivity contribution in [3.8, 4) is 0 Å². The summed E-state index contributed by atoms with van der Waals surface area (Å²) in [6.07, 6.45) is -4.80. The molecule has 0 radical (unpaired) electrons. The van der Waals surface area contributed by atoms with Crippen molar-refractivity contribution in [1.82, 2.24) is 0 Å². The molecule has 1 aromatic carbocycles. The van der Waals surface area contributed by atoms with Crippen molar-refractivity contribution >= 4 is 15.7 Å². The van der Waals surface area contributed by atoms with Crippen molar-refractivity contribution < 1.29 is 26.0 Å². The summed E-state index contributed by atoms with van der Waals surface area (Å²) >= 11 is 0. The number of anilines is 1. The molecule has 0 saturated carbocycles. The molecule has 0 spiro atoms. The van der Waals surface area contributed by atoms with Gasteiger partial charge >= 0.3 is 6.18 Å². The molecule has 1 aromatic rings. The number of nitrogens with two attached hydrogens (primary N) is 1. The highest BCUT2D eigenvalue weighted by Gasteiger charge is 2.34. The summed E-state index contributed by atoms with van der Waals surface area (Å²) < 4.78 is 71.2. The minimum Gasteiger partial charge on any atom is -0.384 e. The first-order valence-electron chi connectivity index (χ1n) is 4.71. The van der Waals surface area contributed by atoms with Gasteiger partial charge in [-0.1, -0.05) is 0 Å². The first-order valence-corrected chi connectivity index (χ1v) is 6.42. The van der Waals surface area contributed by atoms with Crippen LogP contribution in [-0.4, -0.2) is 20.7 Å². The van der Waals surface area contributed by atoms with Crippen molar-refractivity contribution in [1.29, 1.82) is 0 Å². The Morgan fingerprint density at radius 1 is 1.28 bits per heavy atom. The number of rotatable bonds is 4. The number of hydrogen-bond acceptors (Lipinski definition) is 3. The minimum absolute atomic E-state index is 0.0348. The van der Waals surface area contributed by atoms with Crippen molar-refractivity contribution in [3.63, 3.8) is 0 Å². The van der Waals surface area contributed by atoms with Gasteiger partial charge < -0.3 is 5.32 Å². The molecule has 0 unspecified atom stereocenters. The second-order valence-electron chi connectivity index (χ2n) is 3.49. The van der Waals surface area contributed by atoms with Crippen LogP contribution in [0, 0.1) is 5.82 Å². The Hall–Kier alpha value is -1.35. The molecular weight excluding hydrogens is 276 g/mol. The molecule has 0 aliphatic heterocycles. The fraction of sp³-hybridized carbons (Fsp3) is 0.333. The van der Waals surface area contributed by atoms with E-state index < -0.39 is 33.3 Å². The molecule has 0 aliphatic rings. The van der Waals surface area contributed by atoms with E-state index in [2.05, 4.69) is 5.32 Å². The lowest BCUT2D eigenvalue weighted by Gasteiger charge is -2.11. The van der Waals surface area contributed by atoms with E-state index in [0.717, 1.165) is 6.07 Å². The van der Waals surface area contributed by atoms with Crippen LogP contribution in [0.15, 0.2) is 18.2 Å². The average Bonchev–Trinajstić information content (AvgIpc) is 2.17. The Morgan fingerprint density at radius 2 is 1.89 bits per heavy atom. The summed E-state index contributed by atoms with van der Waals surface area (Å²) in [4.78, 5) is 0. The lowest BCUT2D eigenvalue weighted by atomic mass is 10.2. The smallest absolute Gasteiger partial charge is 0.384 e. The first kappa shape index (κ1) is 14.7.